The zero-order chi connectivity index (χ0) is 33.2. The molecule has 14 heteroatoms. The highest BCUT2D eigenvalue weighted by atomic mass is 32.2. The lowest BCUT2D eigenvalue weighted by atomic mass is 9.71. The van der Waals surface area contributed by atoms with Gasteiger partial charge in [0.15, 0.2) is 0 Å². The number of nitrogens with zero attached hydrogens (tertiary/aromatic N) is 2. The number of primary sulfonamides is 1. The maximum absolute atomic E-state index is 13.7. The minimum absolute atomic E-state index is 0.0365. The summed E-state index contributed by atoms with van der Waals surface area (Å²) in [5.74, 6) is 5.58. The zero-order valence-corrected chi connectivity index (χ0v) is 26.7. The molecule has 254 valence electrons. The Hall–Kier alpha value is -3.51. The van der Waals surface area contributed by atoms with Crippen molar-refractivity contribution in [2.45, 2.75) is 68.2 Å². The molecule has 1 spiro atoms. The number of fused-ring (bicyclic) bond motifs is 1. The molecule has 3 fully saturated rings. The van der Waals surface area contributed by atoms with Gasteiger partial charge in [0.05, 0.1) is 28.3 Å². The van der Waals surface area contributed by atoms with Crippen LogP contribution in [0.4, 0.5) is 28.9 Å². The molecule has 2 aliphatic heterocycles. The third-order valence-corrected chi connectivity index (χ3v) is 10.5. The molecule has 0 unspecified atom stereocenters. The predicted molar refractivity (Wildman–Crippen MR) is 172 cm³/mol. The van der Waals surface area contributed by atoms with Crippen molar-refractivity contribution in [2.75, 3.05) is 50.3 Å². The second-order valence-electron chi connectivity index (χ2n) is 12.7. The van der Waals surface area contributed by atoms with E-state index in [4.69, 9.17) is 14.6 Å². The lowest BCUT2D eigenvalue weighted by Crippen LogP contribution is -2.62. The molecule has 0 atom stereocenters. The molecule has 2 saturated heterocycles. The number of hydrogen-bond donors (Lipinski definition) is 3. The molecule has 0 amide bonds. The molecule has 1 aliphatic carbocycles. The van der Waals surface area contributed by atoms with E-state index >= 15 is 0 Å². The summed E-state index contributed by atoms with van der Waals surface area (Å²) in [6.45, 7) is 1.59. The first-order valence-corrected chi connectivity index (χ1v) is 17.3. The average Bonchev–Trinajstić information content (AvgIpc) is 3.35. The topological polar surface area (TPSA) is 111 Å². The van der Waals surface area contributed by atoms with Crippen molar-refractivity contribution in [1.29, 1.82) is 0 Å². The number of halogens is 4. The van der Waals surface area contributed by atoms with Gasteiger partial charge >= 0.3 is 6.18 Å². The zero-order valence-electron chi connectivity index (χ0n) is 25.9. The molecule has 9 nitrogen and oxygen atoms in total. The summed E-state index contributed by atoms with van der Waals surface area (Å²) < 4.78 is 88.9. The van der Waals surface area contributed by atoms with Crippen molar-refractivity contribution < 1.29 is 35.5 Å². The van der Waals surface area contributed by atoms with Crippen molar-refractivity contribution in [3.05, 3.63) is 48.2 Å². The Morgan fingerprint density at radius 1 is 1.04 bits per heavy atom. The maximum atomic E-state index is 13.7. The van der Waals surface area contributed by atoms with Crippen LogP contribution in [0.1, 0.15) is 44.2 Å². The van der Waals surface area contributed by atoms with E-state index in [2.05, 4.69) is 27.4 Å². The van der Waals surface area contributed by atoms with E-state index in [-0.39, 0.29) is 34.6 Å². The second kappa shape index (κ2) is 13.5. The number of aromatic nitrogens is 1. The molecular weight excluding hydrogens is 638 g/mol. The summed E-state index contributed by atoms with van der Waals surface area (Å²) in [5, 5.41) is 12.3. The summed E-state index contributed by atoms with van der Waals surface area (Å²) in [7, 11) is -4.04. The van der Waals surface area contributed by atoms with E-state index in [1.807, 2.05) is 6.07 Å². The van der Waals surface area contributed by atoms with Gasteiger partial charge in [-0.05, 0) is 74.8 Å². The standard InChI is InChI=1S/C33H39F4N5O4S/c34-22-46-31-18-26(47(38,43)44)10-11-29(31)39-14-2-3-25-17-27-28(4-1-5-30(27)42(25)21-33(35,36)37)40-23-6-8-24(9-7-23)41-19-32(20-41)12-15-45-16-13-32/h1,4-5,10-11,17-18,23-24,39-40H,6-9,12-16,19-22H2,(H2,38,43,44). The third kappa shape index (κ3) is 7.80. The molecule has 0 radical (unpaired) electrons. The van der Waals surface area contributed by atoms with Crippen LogP contribution in [-0.2, 0) is 21.3 Å². The number of anilines is 2. The Kier molecular flexibility index (Phi) is 9.62. The van der Waals surface area contributed by atoms with Crippen molar-refractivity contribution in [3.63, 3.8) is 0 Å². The van der Waals surface area contributed by atoms with Gasteiger partial charge in [0.25, 0.3) is 0 Å². The molecule has 6 rings (SSSR count). The molecule has 3 aromatic rings. The highest BCUT2D eigenvalue weighted by Crippen LogP contribution is 2.43. The van der Waals surface area contributed by atoms with Crippen LogP contribution in [0, 0.1) is 17.3 Å². The Morgan fingerprint density at radius 3 is 2.47 bits per heavy atom. The van der Waals surface area contributed by atoms with E-state index in [1.165, 1.54) is 16.7 Å². The van der Waals surface area contributed by atoms with E-state index in [9.17, 15) is 26.0 Å². The third-order valence-electron chi connectivity index (χ3n) is 9.56. The molecule has 1 aromatic heterocycles. The monoisotopic (exact) mass is 677 g/mol. The fourth-order valence-corrected chi connectivity index (χ4v) is 7.67. The molecule has 4 N–H and O–H groups in total. The van der Waals surface area contributed by atoms with E-state index in [0.717, 1.165) is 76.6 Å². The molecule has 0 bridgehead atoms. The molecular formula is C33H39F4N5O4S. The van der Waals surface area contributed by atoms with E-state index in [0.29, 0.717) is 22.4 Å². The lowest BCUT2D eigenvalue weighted by molar-refractivity contribution is -0.140. The number of ether oxygens (including phenoxy) is 2. The van der Waals surface area contributed by atoms with Gasteiger partial charge in [-0.1, -0.05) is 12.0 Å². The maximum Gasteiger partial charge on any atom is 0.406 e. The first-order valence-electron chi connectivity index (χ1n) is 15.8. The van der Waals surface area contributed by atoms with Gasteiger partial charge in [-0.3, -0.25) is 4.90 Å². The first kappa shape index (κ1) is 33.4. The molecule has 1 saturated carbocycles. The number of nitrogens with one attached hydrogen (secondary N) is 2. The predicted octanol–water partition coefficient (Wildman–Crippen LogP) is 5.46. The number of nitrogens with two attached hydrogens (primary N) is 1. The summed E-state index contributed by atoms with van der Waals surface area (Å²) in [4.78, 5) is 2.36. The van der Waals surface area contributed by atoms with Crippen LogP contribution < -0.4 is 20.5 Å². The van der Waals surface area contributed by atoms with Crippen molar-refractivity contribution in [3.8, 4) is 17.6 Å². The van der Waals surface area contributed by atoms with Crippen LogP contribution in [0.25, 0.3) is 10.9 Å². The first-order chi connectivity index (χ1) is 22.4. The normalized spacial score (nSPS) is 21.6. The van der Waals surface area contributed by atoms with Gasteiger partial charge in [-0.2, -0.15) is 13.2 Å². The van der Waals surface area contributed by atoms with Crippen LogP contribution in [-0.4, -0.2) is 75.9 Å². The highest BCUT2D eigenvalue weighted by molar-refractivity contribution is 7.89. The summed E-state index contributed by atoms with van der Waals surface area (Å²) in [6, 6.07) is 11.5. The average molecular weight is 678 g/mol. The minimum Gasteiger partial charge on any atom is -0.461 e. The van der Waals surface area contributed by atoms with Crippen LogP contribution >= 0.6 is 0 Å². The Morgan fingerprint density at radius 2 is 1.79 bits per heavy atom. The van der Waals surface area contributed by atoms with E-state index < -0.39 is 29.6 Å². The van der Waals surface area contributed by atoms with Crippen LogP contribution in [0.3, 0.4) is 0 Å². The lowest BCUT2D eigenvalue weighted by Gasteiger charge is -2.56. The number of alkyl halides is 4. The van der Waals surface area contributed by atoms with Crippen molar-refractivity contribution in [2.24, 2.45) is 10.6 Å². The number of sulfonamides is 1. The van der Waals surface area contributed by atoms with Crippen LogP contribution in [0.5, 0.6) is 5.75 Å². The number of rotatable bonds is 9. The van der Waals surface area contributed by atoms with Crippen LogP contribution in [0.15, 0.2) is 47.4 Å². The summed E-state index contributed by atoms with van der Waals surface area (Å²) in [5.41, 5.74) is 2.09. The fourth-order valence-electron chi connectivity index (χ4n) is 7.14. The molecule has 3 aliphatic rings. The summed E-state index contributed by atoms with van der Waals surface area (Å²) >= 11 is 0. The number of hydrogen-bond acceptors (Lipinski definition) is 7. The van der Waals surface area contributed by atoms with Gasteiger partial charge in [-0.25, -0.2) is 17.9 Å². The SMILES string of the molecule is NS(=O)(=O)c1ccc(NCC#Cc2cc3c(NC4CCC(N5CC6(CCOCC6)C5)CC4)cccc3n2CC(F)(F)F)c(OCF)c1. The summed E-state index contributed by atoms with van der Waals surface area (Å²) in [6.07, 6.45) is 1.98. The van der Waals surface area contributed by atoms with Gasteiger partial charge in [0.1, 0.15) is 12.3 Å². The fraction of sp³-hybridized carbons (Fsp3) is 0.515. The van der Waals surface area contributed by atoms with Crippen molar-refractivity contribution in [1.82, 2.24) is 9.47 Å². The van der Waals surface area contributed by atoms with Crippen LogP contribution in [0.2, 0.25) is 0 Å². The van der Waals surface area contributed by atoms with Gasteiger partial charge in [0.2, 0.25) is 16.9 Å². The largest absolute Gasteiger partial charge is 0.461 e. The quantitative estimate of drug-likeness (QED) is 0.204. The van der Waals surface area contributed by atoms with Crippen molar-refractivity contribution >= 4 is 32.3 Å². The van der Waals surface area contributed by atoms with E-state index in [1.54, 1.807) is 18.2 Å². The van der Waals surface area contributed by atoms with Gasteiger partial charge in [-0.15, -0.1) is 0 Å². The Bertz CT molecular complexity index is 1750. The van der Waals surface area contributed by atoms with Gasteiger partial charge < -0.3 is 24.7 Å². The molecule has 3 heterocycles. The smallest absolute Gasteiger partial charge is 0.406 e. The Labute approximate surface area is 271 Å². The van der Waals surface area contributed by atoms with Gasteiger partial charge in [0, 0.05) is 60.9 Å². The minimum atomic E-state index is -4.47. The number of likely N-dealkylation sites (tertiary alicyclic amines) is 1. The molecule has 47 heavy (non-hydrogen) atoms. The number of benzene rings is 2. The second-order valence-corrected chi connectivity index (χ2v) is 14.3. The Balaban J connectivity index is 1.14. The molecule has 2 aromatic carbocycles. The highest BCUT2D eigenvalue weighted by Gasteiger charge is 2.46.